The van der Waals surface area contributed by atoms with Crippen LogP contribution in [-0.4, -0.2) is 55.7 Å². The summed E-state index contributed by atoms with van der Waals surface area (Å²) in [6, 6.07) is 35.5. The SMILES string of the molecule is CC(=O)NCC1CN(c2ccc(-c3cn(Cc4cn(C(c5ccccc5)(c5ccccc5)c5ccccc5)cn4)nn3)c(F)c2)C(=O)O1. The van der Waals surface area contributed by atoms with Crippen LogP contribution >= 0.6 is 0 Å². The maximum absolute atomic E-state index is 15.4. The number of nitrogens with zero attached hydrogens (tertiary/aromatic N) is 6. The van der Waals surface area contributed by atoms with Crippen LogP contribution in [-0.2, 0) is 21.6 Å². The van der Waals surface area contributed by atoms with Crippen LogP contribution in [0.1, 0.15) is 29.3 Å². The van der Waals surface area contributed by atoms with Gasteiger partial charge in [0.15, 0.2) is 0 Å². The highest BCUT2D eigenvalue weighted by Crippen LogP contribution is 2.40. The molecule has 0 aliphatic carbocycles. The molecule has 1 saturated heterocycles. The first-order valence-corrected chi connectivity index (χ1v) is 15.5. The molecular formula is C37H32FN7O3. The van der Waals surface area contributed by atoms with Gasteiger partial charge >= 0.3 is 6.09 Å². The Kier molecular flexibility index (Phi) is 8.24. The molecule has 4 aromatic carbocycles. The van der Waals surface area contributed by atoms with Crippen LogP contribution in [0.2, 0.25) is 0 Å². The number of nitrogens with one attached hydrogen (secondary N) is 1. The van der Waals surface area contributed by atoms with Crippen LogP contribution in [0.5, 0.6) is 0 Å². The molecule has 1 N–H and O–H groups in total. The largest absolute Gasteiger partial charge is 0.442 e. The van der Waals surface area contributed by atoms with Gasteiger partial charge < -0.3 is 14.6 Å². The molecule has 0 radical (unpaired) electrons. The number of rotatable bonds is 10. The molecule has 1 aliphatic heterocycles. The van der Waals surface area contributed by atoms with Gasteiger partial charge in [0, 0.05) is 18.7 Å². The average Bonchev–Trinajstić information content (AvgIpc) is 3.86. The number of amides is 2. The molecule has 0 spiro atoms. The third-order valence-electron chi connectivity index (χ3n) is 8.45. The highest BCUT2D eigenvalue weighted by Gasteiger charge is 2.38. The van der Waals surface area contributed by atoms with Crippen LogP contribution in [0.3, 0.4) is 0 Å². The van der Waals surface area contributed by atoms with Crippen molar-refractivity contribution in [1.29, 1.82) is 0 Å². The van der Waals surface area contributed by atoms with Crippen molar-refractivity contribution in [2.75, 3.05) is 18.0 Å². The number of hydrogen-bond acceptors (Lipinski definition) is 6. The van der Waals surface area contributed by atoms with Crippen molar-refractivity contribution in [2.45, 2.75) is 25.1 Å². The highest BCUT2D eigenvalue weighted by molar-refractivity contribution is 5.90. The van der Waals surface area contributed by atoms with Crippen molar-refractivity contribution < 1.29 is 18.7 Å². The lowest BCUT2D eigenvalue weighted by molar-refractivity contribution is -0.119. The second kappa shape index (κ2) is 13.0. The Morgan fingerprint density at radius 2 is 1.54 bits per heavy atom. The number of cyclic esters (lactones) is 1. The molecule has 1 aliphatic rings. The maximum Gasteiger partial charge on any atom is 0.414 e. The number of benzene rings is 4. The van der Waals surface area contributed by atoms with Gasteiger partial charge in [0.25, 0.3) is 0 Å². The summed E-state index contributed by atoms with van der Waals surface area (Å²) in [7, 11) is 0. The first-order valence-electron chi connectivity index (χ1n) is 15.5. The molecule has 1 fully saturated rings. The minimum absolute atomic E-state index is 0.186. The summed E-state index contributed by atoms with van der Waals surface area (Å²) in [5.41, 5.74) is 4.24. The number of carbonyl (C=O) groups is 2. The van der Waals surface area contributed by atoms with Gasteiger partial charge in [-0.25, -0.2) is 18.9 Å². The average molecular weight is 642 g/mol. The van der Waals surface area contributed by atoms with E-state index in [1.165, 1.54) is 17.9 Å². The van der Waals surface area contributed by atoms with E-state index in [9.17, 15) is 9.59 Å². The van der Waals surface area contributed by atoms with E-state index in [2.05, 4.69) is 56.6 Å². The third kappa shape index (κ3) is 5.81. The first kappa shape index (κ1) is 30.5. The molecule has 1 atom stereocenters. The Bertz CT molecular complexity index is 1950. The summed E-state index contributed by atoms with van der Waals surface area (Å²) in [4.78, 5) is 29.8. The molecule has 0 saturated carbocycles. The second-order valence-corrected chi connectivity index (χ2v) is 11.6. The van der Waals surface area contributed by atoms with E-state index in [1.807, 2.05) is 67.1 Å². The maximum atomic E-state index is 15.4. The fraction of sp³-hybridized carbons (Fsp3) is 0.162. The first-order chi connectivity index (χ1) is 23.4. The second-order valence-electron chi connectivity index (χ2n) is 11.6. The van der Waals surface area contributed by atoms with Gasteiger partial charge in [0.2, 0.25) is 5.91 Å². The Hall–Kier alpha value is -6.10. The lowest BCUT2D eigenvalue weighted by Gasteiger charge is -2.37. The highest BCUT2D eigenvalue weighted by atomic mass is 19.1. The molecule has 48 heavy (non-hydrogen) atoms. The van der Waals surface area contributed by atoms with E-state index in [0.717, 1.165) is 22.4 Å². The Balaban J connectivity index is 1.15. The predicted molar refractivity (Wildman–Crippen MR) is 178 cm³/mol. The molecule has 2 amide bonds. The summed E-state index contributed by atoms with van der Waals surface area (Å²) in [5.74, 6) is -0.777. The monoisotopic (exact) mass is 641 g/mol. The quantitative estimate of drug-likeness (QED) is 0.194. The van der Waals surface area contributed by atoms with Crippen molar-refractivity contribution in [3.63, 3.8) is 0 Å². The smallest absolute Gasteiger partial charge is 0.414 e. The van der Waals surface area contributed by atoms with E-state index in [4.69, 9.17) is 9.72 Å². The molecule has 10 nitrogen and oxygen atoms in total. The molecular weight excluding hydrogens is 609 g/mol. The van der Waals surface area contributed by atoms with Crippen molar-refractivity contribution >= 4 is 17.7 Å². The Morgan fingerprint density at radius 3 is 2.12 bits per heavy atom. The normalized spacial score (nSPS) is 14.6. The number of ether oxygens (including phenoxy) is 1. The standard InChI is InChI=1S/C37H32FN7O3/c1-26(46)39-20-32-23-45(36(47)48-32)31-17-18-33(34(38)19-31)35-24-44(42-41-35)22-30-21-43(25-40-30)37(27-11-5-2-6-12-27,28-13-7-3-8-14-28)29-15-9-4-10-16-29/h2-19,21,24-25,32H,20,22-23H2,1H3,(H,39,46). The molecule has 0 bridgehead atoms. The summed E-state index contributed by atoms with van der Waals surface area (Å²) in [6.07, 6.45) is 4.40. The lowest BCUT2D eigenvalue weighted by Crippen LogP contribution is -2.36. The van der Waals surface area contributed by atoms with E-state index in [1.54, 1.807) is 23.0 Å². The van der Waals surface area contributed by atoms with Gasteiger partial charge in [-0.15, -0.1) is 5.10 Å². The summed E-state index contributed by atoms with van der Waals surface area (Å²) in [6.45, 7) is 2.08. The number of hydrogen-bond donors (Lipinski definition) is 1. The molecule has 11 heteroatoms. The van der Waals surface area contributed by atoms with E-state index >= 15 is 4.39 Å². The van der Waals surface area contributed by atoms with Gasteiger partial charge in [0.05, 0.1) is 43.5 Å². The summed E-state index contributed by atoms with van der Waals surface area (Å²) >= 11 is 0. The zero-order chi connectivity index (χ0) is 33.1. The van der Waals surface area contributed by atoms with Crippen LogP contribution in [0.15, 0.2) is 128 Å². The Labute approximate surface area is 276 Å². The minimum atomic E-state index is -0.695. The summed E-state index contributed by atoms with van der Waals surface area (Å²) < 4.78 is 24.4. The predicted octanol–water partition coefficient (Wildman–Crippen LogP) is 5.63. The third-order valence-corrected chi connectivity index (χ3v) is 8.45. The van der Waals surface area contributed by atoms with Crippen LogP contribution in [0, 0.1) is 5.82 Å². The van der Waals surface area contributed by atoms with E-state index < -0.39 is 23.6 Å². The van der Waals surface area contributed by atoms with Crippen molar-refractivity contribution in [3.8, 4) is 11.3 Å². The fourth-order valence-corrected chi connectivity index (χ4v) is 6.25. The number of carbonyl (C=O) groups excluding carboxylic acids is 2. The molecule has 3 heterocycles. The lowest BCUT2D eigenvalue weighted by atomic mass is 9.77. The van der Waals surface area contributed by atoms with Crippen molar-refractivity contribution in [2.24, 2.45) is 0 Å². The van der Waals surface area contributed by atoms with Crippen LogP contribution in [0.4, 0.5) is 14.9 Å². The zero-order valence-corrected chi connectivity index (χ0v) is 26.1. The van der Waals surface area contributed by atoms with Crippen molar-refractivity contribution in [3.05, 3.63) is 156 Å². The van der Waals surface area contributed by atoms with Gasteiger partial charge in [-0.3, -0.25) is 9.69 Å². The van der Waals surface area contributed by atoms with Gasteiger partial charge in [-0.1, -0.05) is 96.2 Å². The minimum Gasteiger partial charge on any atom is -0.442 e. The molecule has 240 valence electrons. The number of imidazole rings is 1. The molecule has 7 rings (SSSR count). The van der Waals surface area contributed by atoms with Crippen molar-refractivity contribution in [1.82, 2.24) is 29.9 Å². The number of halogens is 1. The number of aromatic nitrogens is 5. The molecule has 6 aromatic rings. The van der Waals surface area contributed by atoms with Gasteiger partial charge in [-0.2, -0.15) is 0 Å². The van der Waals surface area contributed by atoms with Crippen LogP contribution in [0.25, 0.3) is 11.3 Å². The molecule has 1 unspecified atom stereocenters. The van der Waals surface area contributed by atoms with E-state index in [-0.39, 0.29) is 24.6 Å². The van der Waals surface area contributed by atoms with Gasteiger partial charge in [-0.05, 0) is 34.9 Å². The number of anilines is 1. The topological polar surface area (TPSA) is 107 Å². The summed E-state index contributed by atoms with van der Waals surface area (Å²) in [5, 5.41) is 11.1. The van der Waals surface area contributed by atoms with Crippen LogP contribution < -0.4 is 10.2 Å². The molecule has 2 aromatic heterocycles. The van der Waals surface area contributed by atoms with E-state index in [0.29, 0.717) is 17.9 Å². The zero-order valence-electron chi connectivity index (χ0n) is 26.1. The fourth-order valence-electron chi connectivity index (χ4n) is 6.25. The van der Waals surface area contributed by atoms with Gasteiger partial charge in [0.1, 0.15) is 23.2 Å². The Morgan fingerprint density at radius 1 is 0.917 bits per heavy atom.